The standard InChI is InChI=1S/C12H16ClNO/c1-9(2)8-15-12-4-3-11(13)7-10(12)5-6-14/h3-4,7H,1,5-6,8,14H2,2H3. The van der Waals surface area contributed by atoms with Gasteiger partial charge in [-0.05, 0) is 49.2 Å². The molecule has 0 aromatic heterocycles. The zero-order valence-electron chi connectivity index (χ0n) is 8.92. The summed E-state index contributed by atoms with van der Waals surface area (Å²) in [6, 6.07) is 5.58. The molecule has 0 spiro atoms. The van der Waals surface area contributed by atoms with Crippen LogP contribution in [-0.4, -0.2) is 13.2 Å². The van der Waals surface area contributed by atoms with E-state index in [1.165, 1.54) is 0 Å². The van der Waals surface area contributed by atoms with Crippen LogP contribution in [0.15, 0.2) is 30.4 Å². The fraction of sp³-hybridized carbons (Fsp3) is 0.333. The van der Waals surface area contributed by atoms with E-state index >= 15 is 0 Å². The summed E-state index contributed by atoms with van der Waals surface area (Å²) in [5.74, 6) is 0.841. The maximum Gasteiger partial charge on any atom is 0.123 e. The van der Waals surface area contributed by atoms with E-state index in [1.54, 1.807) is 0 Å². The predicted molar refractivity (Wildman–Crippen MR) is 64.5 cm³/mol. The van der Waals surface area contributed by atoms with E-state index in [2.05, 4.69) is 6.58 Å². The molecule has 0 saturated heterocycles. The highest BCUT2D eigenvalue weighted by atomic mass is 35.5. The van der Waals surface area contributed by atoms with E-state index in [-0.39, 0.29) is 0 Å². The Morgan fingerprint density at radius 1 is 1.53 bits per heavy atom. The molecule has 0 bridgehead atoms. The minimum atomic E-state index is 0.527. The van der Waals surface area contributed by atoms with Gasteiger partial charge >= 0.3 is 0 Å². The molecule has 82 valence electrons. The Labute approximate surface area is 95.7 Å². The first kappa shape index (κ1) is 12.1. The largest absolute Gasteiger partial charge is 0.489 e. The SMILES string of the molecule is C=C(C)COc1ccc(Cl)cc1CCN. The molecule has 0 aliphatic carbocycles. The summed E-state index contributed by atoms with van der Waals surface area (Å²) >= 11 is 5.90. The van der Waals surface area contributed by atoms with E-state index in [4.69, 9.17) is 22.1 Å². The van der Waals surface area contributed by atoms with Gasteiger partial charge in [0.15, 0.2) is 0 Å². The quantitative estimate of drug-likeness (QED) is 0.783. The smallest absolute Gasteiger partial charge is 0.123 e. The molecule has 0 saturated carbocycles. The van der Waals surface area contributed by atoms with E-state index in [1.807, 2.05) is 25.1 Å². The lowest BCUT2D eigenvalue weighted by Crippen LogP contribution is -2.06. The number of nitrogens with two attached hydrogens (primary N) is 1. The fourth-order valence-corrected chi connectivity index (χ4v) is 1.44. The number of benzene rings is 1. The van der Waals surface area contributed by atoms with Gasteiger partial charge in [-0.1, -0.05) is 18.2 Å². The van der Waals surface area contributed by atoms with Crippen molar-refractivity contribution in [2.45, 2.75) is 13.3 Å². The van der Waals surface area contributed by atoms with Gasteiger partial charge in [0.2, 0.25) is 0 Å². The number of rotatable bonds is 5. The van der Waals surface area contributed by atoms with Crippen molar-refractivity contribution in [3.8, 4) is 5.75 Å². The summed E-state index contributed by atoms with van der Waals surface area (Å²) in [5.41, 5.74) is 7.56. The maximum atomic E-state index is 5.90. The van der Waals surface area contributed by atoms with Crippen LogP contribution in [0.1, 0.15) is 12.5 Å². The Hall–Kier alpha value is -0.990. The van der Waals surface area contributed by atoms with Crippen molar-refractivity contribution in [3.63, 3.8) is 0 Å². The van der Waals surface area contributed by atoms with Crippen LogP contribution in [0.3, 0.4) is 0 Å². The minimum Gasteiger partial charge on any atom is -0.489 e. The van der Waals surface area contributed by atoms with Gasteiger partial charge in [-0.2, -0.15) is 0 Å². The molecule has 0 aliphatic heterocycles. The van der Waals surface area contributed by atoms with E-state index < -0.39 is 0 Å². The van der Waals surface area contributed by atoms with Crippen LogP contribution in [-0.2, 0) is 6.42 Å². The molecular weight excluding hydrogens is 210 g/mol. The monoisotopic (exact) mass is 225 g/mol. The molecule has 3 heteroatoms. The molecule has 1 rings (SSSR count). The second-order valence-electron chi connectivity index (χ2n) is 3.54. The van der Waals surface area contributed by atoms with Crippen molar-refractivity contribution in [1.82, 2.24) is 0 Å². The summed E-state index contributed by atoms with van der Waals surface area (Å²) in [7, 11) is 0. The van der Waals surface area contributed by atoms with Gasteiger partial charge in [0, 0.05) is 5.02 Å². The highest BCUT2D eigenvalue weighted by Gasteiger charge is 2.03. The van der Waals surface area contributed by atoms with Gasteiger partial charge in [0.05, 0.1) is 0 Å². The number of hydrogen-bond acceptors (Lipinski definition) is 2. The second-order valence-corrected chi connectivity index (χ2v) is 3.97. The van der Waals surface area contributed by atoms with Crippen molar-refractivity contribution in [3.05, 3.63) is 40.9 Å². The lowest BCUT2D eigenvalue weighted by atomic mass is 10.1. The summed E-state index contributed by atoms with van der Waals surface area (Å²) in [6.07, 6.45) is 0.770. The topological polar surface area (TPSA) is 35.2 Å². The van der Waals surface area contributed by atoms with Crippen LogP contribution < -0.4 is 10.5 Å². The van der Waals surface area contributed by atoms with Crippen LogP contribution in [0.2, 0.25) is 5.02 Å². The molecule has 1 aromatic rings. The molecule has 0 radical (unpaired) electrons. The van der Waals surface area contributed by atoms with Crippen LogP contribution in [0, 0.1) is 0 Å². The van der Waals surface area contributed by atoms with Crippen LogP contribution in [0.25, 0.3) is 0 Å². The lowest BCUT2D eigenvalue weighted by molar-refractivity contribution is 0.349. The van der Waals surface area contributed by atoms with Gasteiger partial charge in [0.1, 0.15) is 12.4 Å². The summed E-state index contributed by atoms with van der Waals surface area (Å²) in [5, 5.41) is 0.709. The molecule has 0 unspecified atom stereocenters. The first-order chi connectivity index (χ1) is 7.13. The molecule has 1 aromatic carbocycles. The van der Waals surface area contributed by atoms with Gasteiger partial charge in [0.25, 0.3) is 0 Å². The Balaban J connectivity index is 2.80. The summed E-state index contributed by atoms with van der Waals surface area (Å²) in [6.45, 7) is 6.83. The molecule has 15 heavy (non-hydrogen) atoms. The number of halogens is 1. The Morgan fingerprint density at radius 3 is 2.87 bits per heavy atom. The van der Waals surface area contributed by atoms with Crippen molar-refractivity contribution >= 4 is 11.6 Å². The highest BCUT2D eigenvalue weighted by molar-refractivity contribution is 6.30. The van der Waals surface area contributed by atoms with Crippen molar-refractivity contribution < 1.29 is 4.74 Å². The average Bonchev–Trinajstić information content (AvgIpc) is 2.17. The van der Waals surface area contributed by atoms with E-state index in [9.17, 15) is 0 Å². The van der Waals surface area contributed by atoms with Crippen molar-refractivity contribution in [2.75, 3.05) is 13.2 Å². The Morgan fingerprint density at radius 2 is 2.27 bits per heavy atom. The Bertz CT molecular complexity index is 349. The van der Waals surface area contributed by atoms with Gasteiger partial charge in [-0.25, -0.2) is 0 Å². The molecule has 0 fully saturated rings. The fourth-order valence-electron chi connectivity index (χ4n) is 1.24. The van der Waals surface area contributed by atoms with Crippen LogP contribution in [0.5, 0.6) is 5.75 Å². The third kappa shape index (κ3) is 3.94. The average molecular weight is 226 g/mol. The summed E-state index contributed by atoms with van der Waals surface area (Å²) in [4.78, 5) is 0. The van der Waals surface area contributed by atoms with Gasteiger partial charge < -0.3 is 10.5 Å². The van der Waals surface area contributed by atoms with Crippen molar-refractivity contribution in [2.24, 2.45) is 5.73 Å². The molecule has 2 N–H and O–H groups in total. The Kier molecular flexibility index (Phi) is 4.66. The molecule has 0 atom stereocenters. The number of hydrogen-bond donors (Lipinski definition) is 1. The van der Waals surface area contributed by atoms with Gasteiger partial charge in [-0.15, -0.1) is 0 Å². The van der Waals surface area contributed by atoms with Crippen LogP contribution in [0.4, 0.5) is 0 Å². The molecule has 2 nitrogen and oxygen atoms in total. The summed E-state index contributed by atoms with van der Waals surface area (Å²) < 4.78 is 5.59. The zero-order valence-corrected chi connectivity index (χ0v) is 9.68. The zero-order chi connectivity index (χ0) is 11.3. The lowest BCUT2D eigenvalue weighted by Gasteiger charge is -2.11. The molecular formula is C12H16ClNO. The first-order valence-corrected chi connectivity index (χ1v) is 5.27. The molecule has 0 heterocycles. The normalized spacial score (nSPS) is 10.1. The van der Waals surface area contributed by atoms with Crippen LogP contribution >= 0.6 is 11.6 Å². The first-order valence-electron chi connectivity index (χ1n) is 4.89. The minimum absolute atomic E-state index is 0.527. The third-order valence-corrected chi connectivity index (χ3v) is 2.15. The number of ether oxygens (including phenoxy) is 1. The second kappa shape index (κ2) is 5.79. The third-order valence-electron chi connectivity index (χ3n) is 1.91. The highest BCUT2D eigenvalue weighted by Crippen LogP contribution is 2.23. The molecule has 0 amide bonds. The van der Waals surface area contributed by atoms with E-state index in [0.29, 0.717) is 18.2 Å². The van der Waals surface area contributed by atoms with Crippen molar-refractivity contribution in [1.29, 1.82) is 0 Å². The maximum absolute atomic E-state index is 5.90. The predicted octanol–water partition coefficient (Wildman–Crippen LogP) is 2.80. The van der Waals surface area contributed by atoms with E-state index in [0.717, 1.165) is 23.3 Å². The molecule has 0 aliphatic rings. The van der Waals surface area contributed by atoms with Gasteiger partial charge in [-0.3, -0.25) is 0 Å².